The van der Waals surface area contributed by atoms with Gasteiger partial charge in [-0.25, -0.2) is 26.8 Å². The Morgan fingerprint density at radius 2 is 0.989 bits per heavy atom. The number of hydrogen-bond donors (Lipinski definition) is 1. The number of morpholine rings is 2. The predicted octanol–water partition coefficient (Wildman–Crippen LogP) is 9.26. The molecular weight excluding hydrogens is 1280 g/mol. The van der Waals surface area contributed by atoms with Crippen LogP contribution in [0.4, 0.5) is 0 Å². The SMILES string of the molecule is CC(C)(C)OC(=O)Cc1nnc(C(c2nc3ccc(-c4ccc(C(=O)N5CCOCC5)cc4)cc3s2)S(C)(=O)=O)o1.CCCOCCCCC(=O)Cc1nnc(C(c2nc3ccc(-c4ccc(C(=O)N5CCOCC5)cc4)cc3s2)S(C)(=O)=O)o1.CCCOCCCN. The van der Waals surface area contributed by atoms with Crippen LogP contribution in [0.3, 0.4) is 0 Å². The van der Waals surface area contributed by atoms with Crippen LogP contribution >= 0.6 is 22.7 Å². The van der Waals surface area contributed by atoms with Gasteiger partial charge in [0.25, 0.3) is 11.8 Å². The first-order valence-corrected chi connectivity index (χ1v) is 36.4. The molecule has 24 nitrogen and oxygen atoms in total. The number of fused-ring (bicyclic) bond motifs is 2. The average molecular weight is 1360 g/mol. The Hall–Kier alpha value is -7.28. The number of esters is 1. The molecule has 2 aliphatic rings. The highest BCUT2D eigenvalue weighted by Gasteiger charge is 2.36. The number of unbranched alkanes of at least 4 members (excludes halogenated alkanes) is 1. The van der Waals surface area contributed by atoms with Gasteiger partial charge in [-0.05, 0) is 130 Å². The lowest BCUT2D eigenvalue weighted by Gasteiger charge is -2.26. The van der Waals surface area contributed by atoms with Crippen LogP contribution < -0.4 is 5.73 Å². The van der Waals surface area contributed by atoms with E-state index in [-0.39, 0.29) is 59.0 Å². The monoisotopic (exact) mass is 1360 g/mol. The maximum atomic E-state index is 12.9. The molecule has 28 heteroatoms. The number of amides is 2. The first kappa shape index (κ1) is 71.6. The molecular formula is C65H81N9O15S4. The van der Waals surface area contributed by atoms with E-state index in [0.717, 1.165) is 89.6 Å². The maximum absolute atomic E-state index is 12.9. The van der Waals surface area contributed by atoms with Crippen molar-refractivity contribution >= 4 is 86.3 Å². The Balaban J connectivity index is 0.000000214. The summed E-state index contributed by atoms with van der Waals surface area (Å²) in [6.45, 7) is 17.6. The lowest BCUT2D eigenvalue weighted by Crippen LogP contribution is -2.40. The van der Waals surface area contributed by atoms with E-state index in [1.807, 2.05) is 79.7 Å². The first-order valence-electron chi connectivity index (χ1n) is 30.9. The zero-order valence-electron chi connectivity index (χ0n) is 53.5. The van der Waals surface area contributed by atoms with Crippen LogP contribution in [0.15, 0.2) is 93.8 Å². The summed E-state index contributed by atoms with van der Waals surface area (Å²) in [6.07, 6.45) is 6.73. The van der Waals surface area contributed by atoms with Crippen LogP contribution in [0.5, 0.6) is 0 Å². The molecule has 2 amide bonds. The van der Waals surface area contributed by atoms with Crippen LogP contribution in [0.2, 0.25) is 0 Å². The van der Waals surface area contributed by atoms with Crippen LogP contribution in [0, 0.1) is 0 Å². The number of thiazole rings is 2. The number of hydrogen-bond acceptors (Lipinski definition) is 24. The Morgan fingerprint density at radius 3 is 1.40 bits per heavy atom. The van der Waals surface area contributed by atoms with Crippen LogP contribution in [-0.4, -0.2) is 184 Å². The van der Waals surface area contributed by atoms with Gasteiger partial charge < -0.3 is 48.1 Å². The Morgan fingerprint density at radius 1 is 0.570 bits per heavy atom. The second kappa shape index (κ2) is 33.7. The van der Waals surface area contributed by atoms with E-state index in [1.54, 1.807) is 42.7 Å². The van der Waals surface area contributed by atoms with Gasteiger partial charge in [-0.3, -0.25) is 19.2 Å². The summed E-state index contributed by atoms with van der Waals surface area (Å²) in [7, 11) is -7.49. The number of nitrogens with zero attached hydrogens (tertiary/aromatic N) is 8. The van der Waals surface area contributed by atoms with Crippen molar-refractivity contribution in [1.82, 2.24) is 40.2 Å². The molecule has 0 spiro atoms. The van der Waals surface area contributed by atoms with Crippen molar-refractivity contribution in [3.05, 3.63) is 130 Å². The summed E-state index contributed by atoms with van der Waals surface area (Å²) in [6, 6.07) is 26.1. The molecule has 0 saturated carbocycles. The van der Waals surface area contributed by atoms with E-state index in [4.69, 9.17) is 38.3 Å². The molecule has 2 aliphatic heterocycles. The summed E-state index contributed by atoms with van der Waals surface area (Å²) in [5, 5.41) is 13.8. The molecule has 0 radical (unpaired) electrons. The van der Waals surface area contributed by atoms with Crippen LogP contribution in [0.1, 0.15) is 138 Å². The lowest BCUT2D eigenvalue weighted by molar-refractivity contribution is -0.154. The van der Waals surface area contributed by atoms with Gasteiger partial charge in [-0.1, -0.05) is 50.2 Å². The zero-order chi connectivity index (χ0) is 66.7. The highest BCUT2D eigenvalue weighted by atomic mass is 32.2. The fourth-order valence-corrected chi connectivity index (χ4v) is 14.8. The number of nitrogens with two attached hydrogens (primary N) is 1. The van der Waals surface area contributed by atoms with E-state index in [0.29, 0.717) is 106 Å². The Kier molecular flexibility index (Phi) is 25.9. The molecule has 500 valence electrons. The minimum atomic E-state index is -3.76. The number of carbonyl (C=O) groups excluding carboxylic acids is 4. The highest BCUT2D eigenvalue weighted by Crippen LogP contribution is 2.39. The third kappa shape index (κ3) is 20.9. The molecule has 4 aromatic heterocycles. The van der Waals surface area contributed by atoms with Gasteiger partial charge in [-0.15, -0.1) is 43.1 Å². The average Bonchev–Trinajstić information content (AvgIpc) is 1.65. The second-order valence-corrected chi connectivity index (χ2v) is 29.6. The fourth-order valence-electron chi connectivity index (χ4n) is 9.77. The van der Waals surface area contributed by atoms with Crippen molar-refractivity contribution in [3.63, 3.8) is 0 Å². The molecule has 2 N–H and O–H groups in total. The third-order valence-corrected chi connectivity index (χ3v) is 19.3. The summed E-state index contributed by atoms with van der Waals surface area (Å²) >= 11 is 2.45. The fraction of sp³-hybridized carbons (Fsp3) is 0.477. The zero-order valence-corrected chi connectivity index (χ0v) is 56.8. The smallest absolute Gasteiger partial charge is 0.315 e. The van der Waals surface area contributed by atoms with Gasteiger partial charge in [0.2, 0.25) is 23.6 Å². The van der Waals surface area contributed by atoms with Crippen molar-refractivity contribution in [2.45, 2.75) is 102 Å². The lowest BCUT2D eigenvalue weighted by atomic mass is 10.0. The van der Waals surface area contributed by atoms with Crippen molar-refractivity contribution in [2.24, 2.45) is 5.73 Å². The number of Topliss-reactive ketones (excluding diaryl/α,β-unsaturated/α-hetero) is 1. The van der Waals surface area contributed by atoms with Crippen molar-refractivity contribution in [2.75, 3.05) is 98.1 Å². The summed E-state index contributed by atoms with van der Waals surface area (Å²) in [5.74, 6) is -0.886. The molecule has 0 bridgehead atoms. The number of benzene rings is 4. The molecule has 4 aromatic carbocycles. The number of sulfone groups is 2. The Labute approximate surface area is 549 Å². The number of carbonyl (C=O) groups is 4. The second-order valence-electron chi connectivity index (χ2n) is 23.2. The highest BCUT2D eigenvalue weighted by molar-refractivity contribution is 7.91. The number of ether oxygens (including phenoxy) is 5. The van der Waals surface area contributed by atoms with Crippen LogP contribution in [0.25, 0.3) is 42.7 Å². The van der Waals surface area contributed by atoms with Crippen molar-refractivity contribution in [1.29, 1.82) is 0 Å². The molecule has 0 aliphatic carbocycles. The molecule has 2 unspecified atom stereocenters. The van der Waals surface area contributed by atoms with Gasteiger partial charge in [0, 0.05) is 82.7 Å². The topological polar surface area (TPSA) is 319 Å². The van der Waals surface area contributed by atoms with Crippen LogP contribution in [-0.2, 0) is 65.8 Å². The largest absolute Gasteiger partial charge is 0.460 e. The first-order chi connectivity index (χ1) is 44.5. The van der Waals surface area contributed by atoms with Gasteiger partial charge in [0.05, 0.1) is 53.3 Å². The molecule has 8 aromatic rings. The van der Waals surface area contributed by atoms with Gasteiger partial charge in [0.15, 0.2) is 30.2 Å². The van der Waals surface area contributed by atoms with E-state index < -0.39 is 41.7 Å². The summed E-state index contributed by atoms with van der Waals surface area (Å²) in [4.78, 5) is 62.9. The minimum Gasteiger partial charge on any atom is -0.460 e. The summed E-state index contributed by atoms with van der Waals surface area (Å²) in [5.41, 5.74) is 10.7. The molecule has 2 saturated heterocycles. The molecule has 93 heavy (non-hydrogen) atoms. The molecule has 2 atom stereocenters. The Bertz CT molecular complexity index is 4000. The molecule has 2 fully saturated rings. The van der Waals surface area contributed by atoms with E-state index in [9.17, 15) is 36.0 Å². The quantitative estimate of drug-likeness (QED) is 0.0390. The van der Waals surface area contributed by atoms with E-state index in [1.165, 1.54) is 22.7 Å². The van der Waals surface area contributed by atoms with E-state index >= 15 is 0 Å². The molecule has 10 rings (SSSR count). The van der Waals surface area contributed by atoms with Gasteiger partial charge >= 0.3 is 5.97 Å². The third-order valence-electron chi connectivity index (χ3n) is 14.3. The van der Waals surface area contributed by atoms with Crippen molar-refractivity contribution < 1.29 is 68.5 Å². The molecule has 6 heterocycles. The van der Waals surface area contributed by atoms with Gasteiger partial charge in [0.1, 0.15) is 27.8 Å². The normalized spacial score (nSPS) is 14.5. The van der Waals surface area contributed by atoms with Crippen molar-refractivity contribution in [3.8, 4) is 22.3 Å². The standard InChI is InChI=1S/C31H36N4O7S2.C28H30N4O7S2.C6H15NO/c1-3-15-40-16-5-4-6-24(36)20-27-33-34-29(42-27)28(44(2,38)39)30-32-25-12-11-23(19-26(25)43-30)21-7-9-22(10-8-21)31(37)35-13-17-41-18-14-35;1-28(2,3)39-23(33)16-22-30-31-25(38-22)24(41(4,35)36)26-29-20-10-9-19(15-21(20)40-26)17-5-7-18(8-6-17)27(34)32-11-13-37-14-12-32;1-2-5-8-6-3-4-7/h7-12,19,28H,3-6,13-18,20H2,1-2H3;5-10,15,24H,11-14,16H2,1-4H3;2-7H2,1H3. The van der Waals surface area contributed by atoms with E-state index in [2.05, 4.69) is 37.3 Å². The number of rotatable bonds is 26. The van der Waals surface area contributed by atoms with Gasteiger partial charge in [-0.2, -0.15) is 0 Å². The minimum absolute atomic E-state index is 0.0179. The maximum Gasteiger partial charge on any atom is 0.315 e. The predicted molar refractivity (Wildman–Crippen MR) is 354 cm³/mol. The number of ketones is 1. The summed E-state index contributed by atoms with van der Waals surface area (Å²) < 4.78 is 90.8. The number of aromatic nitrogens is 6.